The van der Waals surface area contributed by atoms with E-state index in [0.717, 1.165) is 6.07 Å². The van der Waals surface area contributed by atoms with Gasteiger partial charge in [0, 0.05) is 5.69 Å². The van der Waals surface area contributed by atoms with E-state index in [0.29, 0.717) is 6.29 Å². The van der Waals surface area contributed by atoms with Crippen LogP contribution in [0.3, 0.4) is 0 Å². The molecule has 0 amide bonds. The van der Waals surface area contributed by atoms with E-state index >= 15 is 0 Å². The number of aromatic nitrogens is 1. The number of carbonyl (C=O) groups is 1. The van der Waals surface area contributed by atoms with E-state index in [1.807, 2.05) is 0 Å². The summed E-state index contributed by atoms with van der Waals surface area (Å²) in [6.45, 7) is 0. The van der Waals surface area contributed by atoms with Gasteiger partial charge in [-0.1, -0.05) is 0 Å². The Morgan fingerprint density at radius 1 is 1.46 bits per heavy atom. The standard InChI is InChI=1S/C7H7F2N3O/c8-6(9)5-4(10)1-3(2-13)12-7(5)11/h1-2,6H,(H4,10,11,12). The van der Waals surface area contributed by atoms with Crippen molar-refractivity contribution in [3.05, 3.63) is 17.3 Å². The van der Waals surface area contributed by atoms with Crippen LogP contribution in [0, 0.1) is 0 Å². The van der Waals surface area contributed by atoms with Crippen LogP contribution in [0.25, 0.3) is 0 Å². The van der Waals surface area contributed by atoms with Crippen molar-refractivity contribution >= 4 is 17.8 Å². The summed E-state index contributed by atoms with van der Waals surface area (Å²) in [5, 5.41) is 0. The van der Waals surface area contributed by atoms with Crippen LogP contribution in [-0.2, 0) is 0 Å². The zero-order valence-electron chi connectivity index (χ0n) is 6.50. The van der Waals surface area contributed by atoms with Gasteiger partial charge in [-0.15, -0.1) is 0 Å². The first-order valence-electron chi connectivity index (χ1n) is 3.35. The Morgan fingerprint density at radius 2 is 2.08 bits per heavy atom. The molecule has 70 valence electrons. The number of alkyl halides is 2. The minimum Gasteiger partial charge on any atom is -0.398 e. The van der Waals surface area contributed by atoms with Crippen molar-refractivity contribution in [3.63, 3.8) is 0 Å². The second kappa shape index (κ2) is 3.34. The first kappa shape index (κ1) is 9.37. The zero-order chi connectivity index (χ0) is 10.0. The lowest BCUT2D eigenvalue weighted by Gasteiger charge is -2.07. The van der Waals surface area contributed by atoms with Crippen LogP contribution in [0.4, 0.5) is 20.3 Å². The second-order valence-electron chi connectivity index (χ2n) is 2.35. The van der Waals surface area contributed by atoms with Crippen LogP contribution >= 0.6 is 0 Å². The molecule has 0 saturated carbocycles. The molecule has 0 atom stereocenters. The quantitative estimate of drug-likeness (QED) is 0.676. The third kappa shape index (κ3) is 1.71. The van der Waals surface area contributed by atoms with E-state index in [-0.39, 0.29) is 11.4 Å². The first-order chi connectivity index (χ1) is 6.06. The number of halogens is 2. The normalized spacial score (nSPS) is 10.4. The number of hydrogen-bond donors (Lipinski definition) is 2. The molecule has 0 unspecified atom stereocenters. The third-order valence-corrected chi connectivity index (χ3v) is 1.48. The van der Waals surface area contributed by atoms with Crippen molar-refractivity contribution in [1.29, 1.82) is 0 Å². The van der Waals surface area contributed by atoms with Gasteiger partial charge >= 0.3 is 0 Å². The minimum atomic E-state index is -2.78. The van der Waals surface area contributed by atoms with Gasteiger partial charge in [-0.25, -0.2) is 13.8 Å². The Kier molecular flexibility index (Phi) is 2.41. The van der Waals surface area contributed by atoms with Crippen molar-refractivity contribution < 1.29 is 13.6 Å². The molecule has 1 heterocycles. The van der Waals surface area contributed by atoms with Gasteiger partial charge in [0.15, 0.2) is 6.29 Å². The summed E-state index contributed by atoms with van der Waals surface area (Å²) in [6.07, 6.45) is -2.39. The molecule has 1 rings (SSSR count). The third-order valence-electron chi connectivity index (χ3n) is 1.48. The van der Waals surface area contributed by atoms with Crippen LogP contribution in [0.5, 0.6) is 0 Å². The van der Waals surface area contributed by atoms with Crippen LogP contribution in [-0.4, -0.2) is 11.3 Å². The number of hydrogen-bond acceptors (Lipinski definition) is 4. The molecule has 0 aliphatic heterocycles. The summed E-state index contributed by atoms with van der Waals surface area (Å²) in [6, 6.07) is 1.06. The van der Waals surface area contributed by atoms with E-state index in [1.54, 1.807) is 0 Å². The molecule has 0 aliphatic carbocycles. The highest BCUT2D eigenvalue weighted by molar-refractivity contribution is 5.76. The minimum absolute atomic E-state index is 0.0561. The molecule has 13 heavy (non-hydrogen) atoms. The maximum absolute atomic E-state index is 12.2. The Labute approximate surface area is 72.6 Å². The van der Waals surface area contributed by atoms with E-state index in [4.69, 9.17) is 11.5 Å². The van der Waals surface area contributed by atoms with Gasteiger partial charge in [0.05, 0.1) is 5.56 Å². The fourth-order valence-corrected chi connectivity index (χ4v) is 0.915. The molecule has 0 aliphatic rings. The van der Waals surface area contributed by atoms with E-state index < -0.39 is 17.8 Å². The molecule has 4 N–H and O–H groups in total. The Bertz CT molecular complexity index is 318. The maximum atomic E-state index is 12.2. The van der Waals surface area contributed by atoms with Gasteiger partial charge in [0.25, 0.3) is 6.43 Å². The smallest absolute Gasteiger partial charge is 0.269 e. The van der Waals surface area contributed by atoms with Gasteiger partial charge < -0.3 is 11.5 Å². The average molecular weight is 187 g/mol. The summed E-state index contributed by atoms with van der Waals surface area (Å²) in [7, 11) is 0. The largest absolute Gasteiger partial charge is 0.398 e. The second-order valence-corrected chi connectivity index (χ2v) is 2.35. The van der Waals surface area contributed by atoms with Gasteiger partial charge in [0.2, 0.25) is 0 Å². The van der Waals surface area contributed by atoms with E-state index in [9.17, 15) is 13.6 Å². The molecule has 0 aromatic carbocycles. The predicted octanol–water partition coefficient (Wildman–Crippen LogP) is 0.996. The van der Waals surface area contributed by atoms with E-state index in [2.05, 4.69) is 4.98 Å². The average Bonchev–Trinajstić information content (AvgIpc) is 2.02. The van der Waals surface area contributed by atoms with Gasteiger partial charge in [-0.05, 0) is 6.07 Å². The number of pyridine rings is 1. The summed E-state index contributed by atoms with van der Waals surface area (Å²) in [5.74, 6) is -0.405. The number of rotatable bonds is 2. The molecule has 1 aromatic rings. The highest BCUT2D eigenvalue weighted by Gasteiger charge is 2.17. The number of aldehydes is 1. The molecule has 6 heteroatoms. The fraction of sp³-hybridized carbons (Fsp3) is 0.143. The maximum Gasteiger partial charge on any atom is 0.269 e. The topological polar surface area (TPSA) is 82.0 Å². The van der Waals surface area contributed by atoms with Crippen molar-refractivity contribution in [2.24, 2.45) is 0 Å². The molecule has 4 nitrogen and oxygen atoms in total. The number of nitrogens with zero attached hydrogens (tertiary/aromatic N) is 1. The van der Waals surface area contributed by atoms with Crippen LogP contribution in [0.1, 0.15) is 22.5 Å². The SMILES string of the molecule is Nc1cc(C=O)nc(N)c1C(F)F. The predicted molar refractivity (Wildman–Crippen MR) is 43.4 cm³/mol. The van der Waals surface area contributed by atoms with Gasteiger partial charge in [-0.2, -0.15) is 0 Å². The summed E-state index contributed by atoms with van der Waals surface area (Å²) < 4.78 is 24.5. The van der Waals surface area contributed by atoms with Crippen LogP contribution < -0.4 is 11.5 Å². The fourth-order valence-electron chi connectivity index (χ4n) is 0.915. The highest BCUT2D eigenvalue weighted by atomic mass is 19.3. The molecular weight excluding hydrogens is 180 g/mol. The first-order valence-corrected chi connectivity index (χ1v) is 3.35. The molecule has 0 spiro atoms. The molecule has 1 aromatic heterocycles. The lowest BCUT2D eigenvalue weighted by atomic mass is 10.2. The van der Waals surface area contributed by atoms with Crippen LogP contribution in [0.15, 0.2) is 6.07 Å². The summed E-state index contributed by atoms with van der Waals surface area (Å²) in [5.41, 5.74) is 9.61. The lowest BCUT2D eigenvalue weighted by Crippen LogP contribution is -2.05. The Balaban J connectivity index is 3.31. The summed E-state index contributed by atoms with van der Waals surface area (Å²) in [4.78, 5) is 13.7. The highest BCUT2D eigenvalue weighted by Crippen LogP contribution is 2.29. The lowest BCUT2D eigenvalue weighted by molar-refractivity contribution is 0.111. The molecule has 0 saturated heterocycles. The van der Waals surface area contributed by atoms with E-state index in [1.165, 1.54) is 0 Å². The summed E-state index contributed by atoms with van der Waals surface area (Å²) >= 11 is 0. The number of anilines is 2. The Hall–Kier alpha value is -1.72. The molecule has 0 bridgehead atoms. The molecule has 0 radical (unpaired) electrons. The van der Waals surface area contributed by atoms with Gasteiger partial charge in [-0.3, -0.25) is 4.79 Å². The Morgan fingerprint density at radius 3 is 2.46 bits per heavy atom. The van der Waals surface area contributed by atoms with Crippen molar-refractivity contribution in [2.45, 2.75) is 6.43 Å². The van der Waals surface area contributed by atoms with Crippen molar-refractivity contribution in [2.75, 3.05) is 11.5 Å². The van der Waals surface area contributed by atoms with Crippen LogP contribution in [0.2, 0.25) is 0 Å². The molecular formula is C7H7F2N3O. The van der Waals surface area contributed by atoms with Gasteiger partial charge in [0.1, 0.15) is 11.5 Å². The van der Waals surface area contributed by atoms with Crippen molar-refractivity contribution in [1.82, 2.24) is 4.98 Å². The number of carbonyl (C=O) groups excluding carboxylic acids is 1. The molecule has 0 fully saturated rings. The number of nitrogen functional groups attached to an aromatic ring is 2. The van der Waals surface area contributed by atoms with Crippen molar-refractivity contribution in [3.8, 4) is 0 Å². The monoisotopic (exact) mass is 187 g/mol. The zero-order valence-corrected chi connectivity index (χ0v) is 6.50. The number of nitrogens with two attached hydrogens (primary N) is 2.